The number of amides is 2. The highest BCUT2D eigenvalue weighted by Gasteiger charge is 2.30. The van der Waals surface area contributed by atoms with Crippen molar-refractivity contribution in [3.63, 3.8) is 0 Å². The Morgan fingerprint density at radius 1 is 1.15 bits per heavy atom. The summed E-state index contributed by atoms with van der Waals surface area (Å²) in [5, 5.41) is 6.59. The van der Waals surface area contributed by atoms with Gasteiger partial charge in [-0.15, -0.1) is 11.3 Å². The predicted molar refractivity (Wildman–Crippen MR) is 110 cm³/mol. The van der Waals surface area contributed by atoms with Crippen molar-refractivity contribution in [3.05, 3.63) is 40.3 Å². The van der Waals surface area contributed by atoms with Crippen LogP contribution in [0, 0.1) is 5.41 Å². The van der Waals surface area contributed by atoms with Gasteiger partial charge in [-0.05, 0) is 43.9 Å². The van der Waals surface area contributed by atoms with Gasteiger partial charge < -0.3 is 15.4 Å². The molecule has 0 fully saturated rings. The maximum absolute atomic E-state index is 13.1. The van der Waals surface area contributed by atoms with Crippen LogP contribution in [0.4, 0.5) is 10.7 Å². The Balaban J connectivity index is 1.91. The van der Waals surface area contributed by atoms with Gasteiger partial charge >= 0.3 is 0 Å². The zero-order valence-corrected chi connectivity index (χ0v) is 17.1. The highest BCUT2D eigenvalue weighted by Crippen LogP contribution is 2.40. The molecule has 0 radical (unpaired) electrons. The minimum absolute atomic E-state index is 0.0915. The molecule has 1 aromatic heterocycles. The second-order valence-electron chi connectivity index (χ2n) is 7.65. The highest BCUT2D eigenvalue weighted by atomic mass is 32.1. The maximum Gasteiger partial charge on any atom is 0.259 e. The number of rotatable bonds is 5. The lowest BCUT2D eigenvalue weighted by atomic mass is 9.95. The zero-order valence-electron chi connectivity index (χ0n) is 16.3. The van der Waals surface area contributed by atoms with Crippen molar-refractivity contribution in [2.45, 2.75) is 47.0 Å². The molecule has 5 nitrogen and oxygen atoms in total. The van der Waals surface area contributed by atoms with E-state index >= 15 is 0 Å². The summed E-state index contributed by atoms with van der Waals surface area (Å²) in [6.07, 6.45) is 2.87. The topological polar surface area (TPSA) is 67.4 Å². The van der Waals surface area contributed by atoms with Crippen LogP contribution < -0.4 is 15.4 Å². The number of benzene rings is 1. The molecule has 1 aliphatic carbocycles. The lowest BCUT2D eigenvalue weighted by Gasteiger charge is -2.18. The lowest BCUT2D eigenvalue weighted by Crippen LogP contribution is -2.28. The van der Waals surface area contributed by atoms with E-state index in [0.29, 0.717) is 28.6 Å². The molecular weight excluding hydrogens is 360 g/mol. The quantitative estimate of drug-likeness (QED) is 0.770. The van der Waals surface area contributed by atoms with E-state index < -0.39 is 5.41 Å². The molecule has 6 heteroatoms. The number of ether oxygens (including phenoxy) is 1. The molecule has 27 heavy (non-hydrogen) atoms. The van der Waals surface area contributed by atoms with Crippen molar-refractivity contribution in [2.24, 2.45) is 5.41 Å². The standard InChI is InChI=1S/C21H26N2O3S/c1-5-26-15-11-7-6-10-14(15)22-18(24)17-13-9-8-12-16(13)27-19(17)23-20(25)21(2,3)4/h6-7,10-11H,5,8-9,12H2,1-4H3,(H,22,24)(H,23,25). The van der Waals surface area contributed by atoms with Gasteiger partial charge in [0.05, 0.1) is 17.9 Å². The summed E-state index contributed by atoms with van der Waals surface area (Å²) < 4.78 is 5.61. The van der Waals surface area contributed by atoms with E-state index in [1.165, 1.54) is 16.2 Å². The average molecular weight is 387 g/mol. The first-order valence-electron chi connectivity index (χ1n) is 9.30. The van der Waals surface area contributed by atoms with E-state index in [9.17, 15) is 9.59 Å². The molecule has 0 saturated heterocycles. The molecule has 1 aliphatic rings. The Labute approximate surface area is 164 Å². The summed E-state index contributed by atoms with van der Waals surface area (Å²) in [5.41, 5.74) is 1.77. The third-order valence-corrected chi connectivity index (χ3v) is 5.70. The van der Waals surface area contributed by atoms with Crippen LogP contribution in [0.2, 0.25) is 0 Å². The van der Waals surface area contributed by atoms with Crippen molar-refractivity contribution < 1.29 is 14.3 Å². The minimum Gasteiger partial charge on any atom is -0.492 e. The van der Waals surface area contributed by atoms with Crippen LogP contribution in [0.5, 0.6) is 5.75 Å². The molecule has 0 saturated carbocycles. The molecular formula is C21H26N2O3S. The number of para-hydroxylation sites is 2. The van der Waals surface area contributed by atoms with Crippen molar-refractivity contribution in [3.8, 4) is 5.75 Å². The van der Waals surface area contributed by atoms with Crippen LogP contribution in [-0.2, 0) is 17.6 Å². The van der Waals surface area contributed by atoms with Crippen LogP contribution >= 0.6 is 11.3 Å². The molecule has 2 aromatic rings. The van der Waals surface area contributed by atoms with Crippen molar-refractivity contribution in [2.75, 3.05) is 17.2 Å². The Kier molecular flexibility index (Phi) is 5.56. The van der Waals surface area contributed by atoms with Crippen molar-refractivity contribution in [1.82, 2.24) is 0 Å². The Morgan fingerprint density at radius 3 is 2.59 bits per heavy atom. The lowest BCUT2D eigenvalue weighted by molar-refractivity contribution is -0.123. The first-order valence-corrected chi connectivity index (χ1v) is 10.1. The van der Waals surface area contributed by atoms with Crippen LogP contribution in [0.1, 0.15) is 54.9 Å². The van der Waals surface area contributed by atoms with Gasteiger partial charge in [0.1, 0.15) is 10.8 Å². The molecule has 3 rings (SSSR count). The first-order chi connectivity index (χ1) is 12.8. The molecule has 0 bridgehead atoms. The summed E-state index contributed by atoms with van der Waals surface area (Å²) in [6.45, 7) is 8.02. The fourth-order valence-corrected chi connectivity index (χ4v) is 4.34. The van der Waals surface area contributed by atoms with E-state index in [1.54, 1.807) is 0 Å². The largest absolute Gasteiger partial charge is 0.492 e. The van der Waals surface area contributed by atoms with Gasteiger partial charge in [0.25, 0.3) is 5.91 Å². The summed E-state index contributed by atoms with van der Waals surface area (Å²) in [6, 6.07) is 7.39. The van der Waals surface area contributed by atoms with Gasteiger partial charge in [-0.3, -0.25) is 9.59 Å². The molecule has 2 amide bonds. The fraction of sp³-hybridized carbons (Fsp3) is 0.429. The molecule has 1 aromatic carbocycles. The van der Waals surface area contributed by atoms with Gasteiger partial charge in [-0.25, -0.2) is 0 Å². The maximum atomic E-state index is 13.1. The number of thiophene rings is 1. The van der Waals surface area contributed by atoms with E-state index in [0.717, 1.165) is 24.8 Å². The van der Waals surface area contributed by atoms with E-state index in [4.69, 9.17) is 4.74 Å². The van der Waals surface area contributed by atoms with Crippen LogP contribution in [0.15, 0.2) is 24.3 Å². The predicted octanol–water partition coefficient (Wildman–Crippen LogP) is 4.87. The number of nitrogens with one attached hydrogen (secondary N) is 2. The van der Waals surface area contributed by atoms with Crippen molar-refractivity contribution >= 4 is 33.8 Å². The Morgan fingerprint density at radius 2 is 1.89 bits per heavy atom. The van der Waals surface area contributed by atoms with Crippen molar-refractivity contribution in [1.29, 1.82) is 0 Å². The first kappa shape index (κ1) is 19.4. The van der Waals surface area contributed by atoms with E-state index in [1.807, 2.05) is 52.0 Å². The normalized spacial score (nSPS) is 13.2. The number of fused-ring (bicyclic) bond motifs is 1. The number of aryl methyl sites for hydroxylation is 1. The molecule has 0 spiro atoms. The number of hydrogen-bond donors (Lipinski definition) is 2. The minimum atomic E-state index is -0.524. The number of carbonyl (C=O) groups is 2. The summed E-state index contributed by atoms with van der Waals surface area (Å²) in [4.78, 5) is 26.8. The van der Waals surface area contributed by atoms with Crippen LogP contribution in [-0.4, -0.2) is 18.4 Å². The van der Waals surface area contributed by atoms with E-state index in [2.05, 4.69) is 10.6 Å². The van der Waals surface area contributed by atoms with E-state index in [-0.39, 0.29) is 11.8 Å². The number of carbonyl (C=O) groups excluding carboxylic acids is 2. The van der Waals surface area contributed by atoms with Gasteiger partial charge in [-0.2, -0.15) is 0 Å². The summed E-state index contributed by atoms with van der Waals surface area (Å²) in [7, 11) is 0. The molecule has 2 N–H and O–H groups in total. The second-order valence-corrected chi connectivity index (χ2v) is 8.75. The molecule has 144 valence electrons. The molecule has 0 aliphatic heterocycles. The van der Waals surface area contributed by atoms with Gasteiger partial charge in [0.15, 0.2) is 0 Å². The summed E-state index contributed by atoms with van der Waals surface area (Å²) in [5.74, 6) is 0.345. The van der Waals surface area contributed by atoms with Gasteiger partial charge in [0, 0.05) is 10.3 Å². The third kappa shape index (κ3) is 4.16. The zero-order chi connectivity index (χ0) is 19.6. The molecule has 0 atom stereocenters. The van der Waals surface area contributed by atoms with Crippen LogP contribution in [0.3, 0.4) is 0 Å². The third-order valence-electron chi connectivity index (χ3n) is 4.49. The SMILES string of the molecule is CCOc1ccccc1NC(=O)c1c(NC(=O)C(C)(C)C)sc2c1CCC2. The average Bonchev–Trinajstić information content (AvgIpc) is 3.16. The van der Waals surface area contributed by atoms with Gasteiger partial charge in [0.2, 0.25) is 5.91 Å². The molecule has 0 unspecified atom stereocenters. The number of anilines is 2. The van der Waals surface area contributed by atoms with Crippen LogP contribution in [0.25, 0.3) is 0 Å². The fourth-order valence-electron chi connectivity index (χ4n) is 3.06. The Bertz CT molecular complexity index is 865. The monoisotopic (exact) mass is 386 g/mol. The Hall–Kier alpha value is -2.34. The summed E-state index contributed by atoms with van der Waals surface area (Å²) >= 11 is 1.52. The number of hydrogen-bond acceptors (Lipinski definition) is 4. The second kappa shape index (κ2) is 7.72. The highest BCUT2D eigenvalue weighted by molar-refractivity contribution is 7.17. The molecule has 1 heterocycles. The smallest absolute Gasteiger partial charge is 0.259 e. The van der Waals surface area contributed by atoms with Gasteiger partial charge in [-0.1, -0.05) is 32.9 Å².